The summed E-state index contributed by atoms with van der Waals surface area (Å²) in [5.41, 5.74) is 0.511. The molecule has 4 aromatic rings. The Morgan fingerprint density at radius 1 is 1.02 bits per heavy atom. The van der Waals surface area contributed by atoms with E-state index < -0.39 is 39.7 Å². The number of hydrogen-bond donors (Lipinski definition) is 2. The van der Waals surface area contributed by atoms with E-state index in [0.29, 0.717) is 15.6 Å². The number of carbonyl (C=O) groups is 3. The quantitative estimate of drug-likeness (QED) is 0.147. The average molecular weight is 595 g/mol. The molecular weight excluding hydrogens is 577 g/mol. The van der Waals surface area contributed by atoms with Crippen LogP contribution in [0.5, 0.6) is 5.75 Å². The zero-order valence-corrected chi connectivity index (χ0v) is 22.7. The molecule has 2 N–H and O–H groups in total. The van der Waals surface area contributed by atoms with Gasteiger partial charge in [-0.1, -0.05) is 29.2 Å². The van der Waals surface area contributed by atoms with Crippen LogP contribution in [0.3, 0.4) is 0 Å². The van der Waals surface area contributed by atoms with E-state index in [-0.39, 0.29) is 28.5 Å². The van der Waals surface area contributed by atoms with Crippen molar-refractivity contribution in [3.05, 3.63) is 95.6 Å². The van der Waals surface area contributed by atoms with E-state index in [1.807, 2.05) is 17.5 Å². The van der Waals surface area contributed by atoms with Gasteiger partial charge in [-0.05, 0) is 47.8 Å². The number of phenols is 1. The number of benzene rings is 2. The molecule has 3 atom stereocenters. The standard InChI is InChI=1S/C26H18N4O7S3/c31-16-9-3-13(4-10-16)27-18(32)12-28-25-22(40-26(28)35)19(17-2-1-11-38-17)20-21(39-25)24(34)29(23(20)33)14-5-7-15(8-6-14)30(36)37/h1-11,19-21,31H,12H2,(H,27,32). The number of nitro groups is 1. The van der Waals surface area contributed by atoms with E-state index in [1.54, 1.807) is 0 Å². The molecule has 3 amide bonds. The third-order valence-corrected chi connectivity index (χ3v) is 10.2. The van der Waals surface area contributed by atoms with Crippen LogP contribution in [0, 0.1) is 16.0 Å². The molecule has 6 rings (SSSR count). The van der Waals surface area contributed by atoms with Gasteiger partial charge < -0.3 is 10.4 Å². The van der Waals surface area contributed by atoms with Crippen molar-refractivity contribution in [3.63, 3.8) is 0 Å². The van der Waals surface area contributed by atoms with Gasteiger partial charge in [-0.15, -0.1) is 11.3 Å². The molecule has 0 radical (unpaired) electrons. The number of thiophene rings is 1. The molecular formula is C26H18N4O7S3. The number of nitrogens with zero attached hydrogens (tertiary/aromatic N) is 3. The highest BCUT2D eigenvalue weighted by molar-refractivity contribution is 8.00. The zero-order valence-electron chi connectivity index (χ0n) is 20.3. The molecule has 1 fully saturated rings. The minimum atomic E-state index is -0.859. The van der Waals surface area contributed by atoms with Crippen LogP contribution in [0.4, 0.5) is 17.1 Å². The topological polar surface area (TPSA) is 152 Å². The first-order valence-corrected chi connectivity index (χ1v) is 14.4. The molecule has 40 heavy (non-hydrogen) atoms. The molecule has 2 aromatic carbocycles. The summed E-state index contributed by atoms with van der Waals surface area (Å²) in [6.45, 7) is -0.304. The van der Waals surface area contributed by atoms with E-state index >= 15 is 0 Å². The minimum absolute atomic E-state index is 0.0465. The van der Waals surface area contributed by atoms with E-state index in [9.17, 15) is 34.4 Å². The summed E-state index contributed by atoms with van der Waals surface area (Å²) in [6, 6.07) is 14.8. The predicted molar refractivity (Wildman–Crippen MR) is 150 cm³/mol. The number of amides is 3. The van der Waals surface area contributed by atoms with Gasteiger partial charge in [0.15, 0.2) is 0 Å². The molecule has 3 unspecified atom stereocenters. The Kier molecular flexibility index (Phi) is 6.52. The van der Waals surface area contributed by atoms with E-state index in [2.05, 4.69) is 5.32 Å². The van der Waals surface area contributed by atoms with Crippen molar-refractivity contribution in [2.75, 3.05) is 10.2 Å². The number of carbonyl (C=O) groups excluding carboxylic acids is 3. The Hall–Kier alpha value is -4.27. The number of nitro benzene ring substituents is 1. The average Bonchev–Trinajstić information content (AvgIpc) is 3.63. The van der Waals surface area contributed by atoms with Crippen LogP contribution in [-0.2, 0) is 20.9 Å². The fourth-order valence-corrected chi connectivity index (χ4v) is 8.62. The number of thioether (sulfide) groups is 1. The van der Waals surface area contributed by atoms with Gasteiger partial charge in [0, 0.05) is 33.5 Å². The van der Waals surface area contributed by atoms with E-state index in [1.165, 1.54) is 64.4 Å². The Labute approximate surface area is 237 Å². The lowest BCUT2D eigenvalue weighted by Gasteiger charge is -2.29. The van der Waals surface area contributed by atoms with Gasteiger partial charge >= 0.3 is 4.87 Å². The molecule has 11 nitrogen and oxygen atoms in total. The second kappa shape index (κ2) is 10.0. The number of fused-ring (bicyclic) bond motifs is 2. The van der Waals surface area contributed by atoms with E-state index in [0.717, 1.165) is 32.9 Å². The summed E-state index contributed by atoms with van der Waals surface area (Å²) >= 11 is 3.45. The second-order valence-corrected chi connectivity index (χ2v) is 12.2. The number of imide groups is 1. The third kappa shape index (κ3) is 4.39. The van der Waals surface area contributed by atoms with Gasteiger partial charge in [0.05, 0.1) is 21.6 Å². The maximum Gasteiger partial charge on any atom is 0.308 e. The van der Waals surface area contributed by atoms with Crippen LogP contribution >= 0.6 is 34.4 Å². The SMILES string of the molecule is O=C(Cn1c2c(sc1=O)C(c1cccs1)C1C(=O)N(c3ccc([N+](=O)[O-])cc3)C(=O)C1S2)Nc1ccc(O)cc1. The minimum Gasteiger partial charge on any atom is -0.508 e. The fourth-order valence-electron chi connectivity index (χ4n) is 4.90. The van der Waals surface area contributed by atoms with Gasteiger partial charge in [0.2, 0.25) is 17.7 Å². The van der Waals surface area contributed by atoms with Crippen molar-refractivity contribution < 1.29 is 24.4 Å². The smallest absolute Gasteiger partial charge is 0.308 e. The number of anilines is 2. The lowest BCUT2D eigenvalue weighted by atomic mass is 9.87. The Balaban J connectivity index is 1.36. The first-order valence-electron chi connectivity index (χ1n) is 11.9. The normalized spacial score (nSPS) is 19.8. The highest BCUT2D eigenvalue weighted by Gasteiger charge is 2.57. The van der Waals surface area contributed by atoms with E-state index in [4.69, 9.17) is 0 Å². The van der Waals surface area contributed by atoms with Crippen molar-refractivity contribution >= 4 is 69.2 Å². The largest absolute Gasteiger partial charge is 0.508 e. The number of aromatic nitrogens is 1. The van der Waals surface area contributed by atoms with Gasteiger partial charge in [0.1, 0.15) is 17.5 Å². The lowest BCUT2D eigenvalue weighted by Crippen LogP contribution is -2.32. The summed E-state index contributed by atoms with van der Waals surface area (Å²) < 4.78 is 1.32. The van der Waals surface area contributed by atoms with Crippen LogP contribution in [-0.4, -0.2) is 37.6 Å². The monoisotopic (exact) mass is 594 g/mol. The first-order chi connectivity index (χ1) is 19.2. The second-order valence-electron chi connectivity index (χ2n) is 9.06. The van der Waals surface area contributed by atoms with Gasteiger partial charge in [0.25, 0.3) is 5.69 Å². The molecule has 2 aliphatic rings. The van der Waals surface area contributed by atoms with Crippen LogP contribution < -0.4 is 15.1 Å². The number of phenolic OH excluding ortho intramolecular Hbond substituents is 1. The summed E-state index contributed by atoms with van der Waals surface area (Å²) in [4.78, 5) is 66.1. The van der Waals surface area contributed by atoms with Crippen molar-refractivity contribution in [1.29, 1.82) is 0 Å². The fraction of sp³-hybridized carbons (Fsp3) is 0.154. The number of hydrogen-bond acceptors (Lipinski definition) is 10. The molecule has 0 aliphatic carbocycles. The number of rotatable bonds is 6. The summed E-state index contributed by atoms with van der Waals surface area (Å²) in [7, 11) is 0. The Morgan fingerprint density at radius 2 is 1.75 bits per heavy atom. The van der Waals surface area contributed by atoms with Crippen molar-refractivity contribution in [2.45, 2.75) is 22.7 Å². The van der Waals surface area contributed by atoms with Crippen molar-refractivity contribution in [3.8, 4) is 5.75 Å². The highest BCUT2D eigenvalue weighted by atomic mass is 32.2. The number of nitrogens with one attached hydrogen (secondary N) is 1. The van der Waals surface area contributed by atoms with Crippen LogP contribution in [0.25, 0.3) is 0 Å². The number of thiazole rings is 1. The third-order valence-electron chi connectivity index (χ3n) is 6.67. The van der Waals surface area contributed by atoms with Crippen LogP contribution in [0.15, 0.2) is 75.9 Å². The molecule has 0 bridgehead atoms. The van der Waals surface area contributed by atoms with Gasteiger partial charge in [-0.3, -0.25) is 33.9 Å². The number of aromatic hydroxyl groups is 1. The number of non-ortho nitro benzene ring substituents is 1. The van der Waals surface area contributed by atoms with Gasteiger partial charge in [-0.2, -0.15) is 0 Å². The zero-order chi connectivity index (χ0) is 28.1. The molecule has 14 heteroatoms. The van der Waals surface area contributed by atoms with Crippen molar-refractivity contribution in [1.82, 2.24) is 4.57 Å². The molecule has 1 saturated heterocycles. The highest BCUT2D eigenvalue weighted by Crippen LogP contribution is 2.54. The lowest BCUT2D eigenvalue weighted by molar-refractivity contribution is -0.384. The predicted octanol–water partition coefficient (Wildman–Crippen LogP) is 4.02. The first kappa shape index (κ1) is 26.0. The molecule has 2 aliphatic heterocycles. The maximum atomic E-state index is 13.8. The molecule has 2 aromatic heterocycles. The summed E-state index contributed by atoms with van der Waals surface area (Å²) in [5, 5.41) is 24.7. The summed E-state index contributed by atoms with van der Waals surface area (Å²) in [6.07, 6.45) is 0. The molecule has 0 saturated carbocycles. The Bertz CT molecular complexity index is 1710. The molecule has 4 heterocycles. The molecule has 202 valence electrons. The van der Waals surface area contributed by atoms with Crippen LogP contribution in [0.1, 0.15) is 15.7 Å². The molecule has 0 spiro atoms. The Morgan fingerprint density at radius 3 is 2.40 bits per heavy atom. The maximum absolute atomic E-state index is 13.8. The van der Waals surface area contributed by atoms with Crippen LogP contribution in [0.2, 0.25) is 0 Å². The van der Waals surface area contributed by atoms with Crippen molar-refractivity contribution in [2.24, 2.45) is 5.92 Å². The van der Waals surface area contributed by atoms with Gasteiger partial charge in [-0.25, -0.2) is 4.90 Å². The summed E-state index contributed by atoms with van der Waals surface area (Å²) in [5.74, 6) is -2.72.